The Balaban J connectivity index is 2.10. The van der Waals surface area contributed by atoms with E-state index in [0.717, 1.165) is 5.56 Å². The molecule has 1 fully saturated rings. The molecule has 0 radical (unpaired) electrons. The van der Waals surface area contributed by atoms with Gasteiger partial charge in [-0.25, -0.2) is 0 Å². The molecule has 1 unspecified atom stereocenters. The highest BCUT2D eigenvalue weighted by Gasteiger charge is 2.31. The second-order valence-electron chi connectivity index (χ2n) is 4.21. The van der Waals surface area contributed by atoms with Gasteiger partial charge in [0.15, 0.2) is 0 Å². The third kappa shape index (κ3) is 2.69. The second kappa shape index (κ2) is 5.37. The molecule has 1 aliphatic rings. The molecule has 1 saturated heterocycles. The summed E-state index contributed by atoms with van der Waals surface area (Å²) in [6.07, 6.45) is 5.43. The smallest absolute Gasteiger partial charge is 0.246 e. The van der Waals surface area contributed by atoms with Crippen LogP contribution in [-0.2, 0) is 16.1 Å². The number of amides is 2. The Hall–Kier alpha value is -2.28. The number of rotatable bonds is 3. The molecular weight excluding hydrogens is 228 g/mol. The molecule has 18 heavy (non-hydrogen) atoms. The maximum Gasteiger partial charge on any atom is 0.246 e. The molecule has 1 atom stereocenters. The second-order valence-corrected chi connectivity index (χ2v) is 4.21. The van der Waals surface area contributed by atoms with Crippen molar-refractivity contribution in [3.63, 3.8) is 0 Å². The SMILES string of the molecule is C#CCC1NC(=O)CN(Cc2ccccc2)C1=O. The first-order chi connectivity index (χ1) is 8.70. The topological polar surface area (TPSA) is 49.4 Å². The molecule has 0 spiro atoms. The lowest BCUT2D eigenvalue weighted by Gasteiger charge is -2.31. The van der Waals surface area contributed by atoms with Gasteiger partial charge in [0.25, 0.3) is 0 Å². The molecule has 92 valence electrons. The standard InChI is InChI=1S/C14H14N2O2/c1-2-6-12-14(18)16(10-13(17)15-12)9-11-7-4-3-5-8-11/h1,3-5,7-8,12H,6,9-10H2,(H,15,17). The van der Waals surface area contributed by atoms with Crippen LogP contribution in [-0.4, -0.2) is 29.3 Å². The third-order valence-electron chi connectivity index (χ3n) is 2.82. The molecule has 2 rings (SSSR count). The van der Waals surface area contributed by atoms with Crippen molar-refractivity contribution in [3.05, 3.63) is 35.9 Å². The van der Waals surface area contributed by atoms with Gasteiger partial charge in [-0.1, -0.05) is 30.3 Å². The minimum atomic E-state index is -0.583. The van der Waals surface area contributed by atoms with E-state index in [1.165, 1.54) is 4.90 Å². The lowest BCUT2D eigenvalue weighted by atomic mass is 10.1. The van der Waals surface area contributed by atoms with Crippen molar-refractivity contribution in [2.24, 2.45) is 0 Å². The zero-order valence-corrected chi connectivity index (χ0v) is 9.93. The Labute approximate surface area is 106 Å². The van der Waals surface area contributed by atoms with Crippen molar-refractivity contribution in [1.29, 1.82) is 0 Å². The van der Waals surface area contributed by atoms with Gasteiger partial charge >= 0.3 is 0 Å². The minimum absolute atomic E-state index is 0.0921. The molecular formula is C14H14N2O2. The Morgan fingerprint density at radius 1 is 1.33 bits per heavy atom. The van der Waals surface area contributed by atoms with Crippen LogP contribution in [0.4, 0.5) is 0 Å². The Bertz CT molecular complexity index is 490. The van der Waals surface area contributed by atoms with Crippen molar-refractivity contribution >= 4 is 11.8 Å². The number of terminal acetylenes is 1. The fraction of sp³-hybridized carbons (Fsp3) is 0.286. The Morgan fingerprint density at radius 2 is 2.06 bits per heavy atom. The predicted octanol–water partition coefficient (Wildman–Crippen LogP) is 0.537. The summed E-state index contributed by atoms with van der Waals surface area (Å²) in [7, 11) is 0. The van der Waals surface area contributed by atoms with Gasteiger partial charge < -0.3 is 10.2 Å². The van der Waals surface area contributed by atoms with Gasteiger partial charge in [-0.05, 0) is 5.56 Å². The monoisotopic (exact) mass is 242 g/mol. The number of carbonyl (C=O) groups is 2. The molecule has 0 aliphatic carbocycles. The molecule has 1 heterocycles. The summed E-state index contributed by atoms with van der Waals surface area (Å²) in [5, 5.41) is 2.61. The van der Waals surface area contributed by atoms with Crippen LogP contribution in [0.2, 0.25) is 0 Å². The number of benzene rings is 1. The molecule has 1 aromatic rings. The van der Waals surface area contributed by atoms with Crippen LogP contribution in [0.25, 0.3) is 0 Å². The van der Waals surface area contributed by atoms with Crippen molar-refractivity contribution in [2.75, 3.05) is 6.54 Å². The molecule has 2 amide bonds. The fourth-order valence-electron chi connectivity index (χ4n) is 1.97. The van der Waals surface area contributed by atoms with E-state index < -0.39 is 6.04 Å². The summed E-state index contributed by atoms with van der Waals surface area (Å²) in [6.45, 7) is 0.531. The molecule has 0 aromatic heterocycles. The number of nitrogens with one attached hydrogen (secondary N) is 1. The first kappa shape index (κ1) is 12.2. The summed E-state index contributed by atoms with van der Waals surface area (Å²) in [4.78, 5) is 25.1. The molecule has 4 heteroatoms. The van der Waals surface area contributed by atoms with E-state index in [0.29, 0.717) is 6.54 Å². The van der Waals surface area contributed by atoms with Gasteiger partial charge in [-0.3, -0.25) is 9.59 Å². The van der Waals surface area contributed by atoms with Gasteiger partial charge in [0.2, 0.25) is 11.8 Å². The van der Waals surface area contributed by atoms with Gasteiger partial charge in [-0.2, -0.15) is 0 Å². The average Bonchev–Trinajstić information content (AvgIpc) is 2.36. The zero-order valence-electron chi connectivity index (χ0n) is 9.93. The quantitative estimate of drug-likeness (QED) is 0.786. The van der Waals surface area contributed by atoms with Crippen molar-refractivity contribution < 1.29 is 9.59 Å². The van der Waals surface area contributed by atoms with E-state index in [1.54, 1.807) is 0 Å². The van der Waals surface area contributed by atoms with Crippen LogP contribution in [0.5, 0.6) is 0 Å². The number of nitrogens with zero attached hydrogens (tertiary/aromatic N) is 1. The fourth-order valence-corrected chi connectivity index (χ4v) is 1.97. The van der Waals surface area contributed by atoms with Crippen LogP contribution in [0.15, 0.2) is 30.3 Å². The van der Waals surface area contributed by atoms with Gasteiger partial charge in [0.1, 0.15) is 6.04 Å². The van der Waals surface area contributed by atoms with Crippen LogP contribution in [0, 0.1) is 12.3 Å². The van der Waals surface area contributed by atoms with Crippen LogP contribution in [0.1, 0.15) is 12.0 Å². The molecule has 4 nitrogen and oxygen atoms in total. The molecule has 1 aromatic carbocycles. The Kier molecular flexibility index (Phi) is 3.63. The molecule has 1 aliphatic heterocycles. The summed E-state index contributed by atoms with van der Waals surface area (Å²) in [6, 6.07) is 8.99. The lowest BCUT2D eigenvalue weighted by molar-refractivity contribution is -0.144. The van der Waals surface area contributed by atoms with E-state index in [2.05, 4.69) is 11.2 Å². The predicted molar refractivity (Wildman–Crippen MR) is 67.2 cm³/mol. The first-order valence-corrected chi connectivity index (χ1v) is 5.76. The average molecular weight is 242 g/mol. The molecule has 1 N–H and O–H groups in total. The molecule has 0 saturated carbocycles. The van der Waals surface area contributed by atoms with Gasteiger partial charge in [0, 0.05) is 13.0 Å². The number of hydrogen-bond acceptors (Lipinski definition) is 2. The van der Waals surface area contributed by atoms with E-state index in [4.69, 9.17) is 6.42 Å². The highest BCUT2D eigenvalue weighted by molar-refractivity contribution is 5.94. The van der Waals surface area contributed by atoms with Crippen molar-refractivity contribution in [2.45, 2.75) is 19.0 Å². The van der Waals surface area contributed by atoms with Crippen LogP contribution < -0.4 is 5.32 Å². The highest BCUT2D eigenvalue weighted by Crippen LogP contribution is 2.10. The minimum Gasteiger partial charge on any atom is -0.342 e. The number of piperazine rings is 1. The number of hydrogen-bond donors (Lipinski definition) is 1. The zero-order chi connectivity index (χ0) is 13.0. The summed E-state index contributed by atoms with van der Waals surface area (Å²) < 4.78 is 0. The highest BCUT2D eigenvalue weighted by atomic mass is 16.2. The number of carbonyl (C=O) groups excluding carboxylic acids is 2. The van der Waals surface area contributed by atoms with E-state index in [-0.39, 0.29) is 24.8 Å². The van der Waals surface area contributed by atoms with Crippen LogP contribution >= 0.6 is 0 Å². The third-order valence-corrected chi connectivity index (χ3v) is 2.82. The van der Waals surface area contributed by atoms with Crippen molar-refractivity contribution in [1.82, 2.24) is 10.2 Å². The summed E-state index contributed by atoms with van der Waals surface area (Å²) >= 11 is 0. The van der Waals surface area contributed by atoms with E-state index >= 15 is 0 Å². The van der Waals surface area contributed by atoms with E-state index in [9.17, 15) is 9.59 Å². The largest absolute Gasteiger partial charge is 0.342 e. The Morgan fingerprint density at radius 3 is 2.72 bits per heavy atom. The van der Waals surface area contributed by atoms with Gasteiger partial charge in [-0.15, -0.1) is 12.3 Å². The lowest BCUT2D eigenvalue weighted by Crippen LogP contribution is -2.57. The van der Waals surface area contributed by atoms with Crippen molar-refractivity contribution in [3.8, 4) is 12.3 Å². The van der Waals surface area contributed by atoms with E-state index in [1.807, 2.05) is 30.3 Å². The van der Waals surface area contributed by atoms with Gasteiger partial charge in [0.05, 0.1) is 6.54 Å². The first-order valence-electron chi connectivity index (χ1n) is 5.76. The maximum atomic E-state index is 12.1. The van der Waals surface area contributed by atoms with Crippen LogP contribution in [0.3, 0.4) is 0 Å². The summed E-state index contributed by atoms with van der Waals surface area (Å²) in [5.74, 6) is 2.13. The summed E-state index contributed by atoms with van der Waals surface area (Å²) in [5.41, 5.74) is 1.00. The maximum absolute atomic E-state index is 12.1. The normalized spacial score (nSPS) is 19.3. The molecule has 0 bridgehead atoms.